The third-order valence-corrected chi connectivity index (χ3v) is 3.37. The van der Waals surface area contributed by atoms with E-state index in [-0.39, 0.29) is 18.2 Å². The Morgan fingerprint density at radius 1 is 1.14 bits per heavy atom. The van der Waals surface area contributed by atoms with Crippen LogP contribution in [0.15, 0.2) is 30.3 Å². The summed E-state index contributed by atoms with van der Waals surface area (Å²) in [5.41, 5.74) is 1.07. The third kappa shape index (κ3) is 7.22. The normalized spacial score (nSPS) is 10.5. The van der Waals surface area contributed by atoms with Gasteiger partial charge in [0.05, 0.1) is 0 Å². The average Bonchev–Trinajstić information content (AvgIpc) is 2.50. The standard InChI is InChI=1S/C17H27N3O2/c1-4-20(14-15-9-6-5-7-10-15)17(22)13-16(21)18-11-8-12-19(2)3/h5-7,9-10H,4,8,11-14H2,1-3H3,(H,18,21). The molecular weight excluding hydrogens is 278 g/mol. The molecule has 2 amide bonds. The molecule has 0 unspecified atom stereocenters. The molecule has 5 nitrogen and oxygen atoms in total. The molecule has 0 spiro atoms. The maximum Gasteiger partial charge on any atom is 0.232 e. The van der Waals surface area contributed by atoms with Crippen molar-refractivity contribution in [2.75, 3.05) is 33.7 Å². The van der Waals surface area contributed by atoms with Crippen LogP contribution >= 0.6 is 0 Å². The molecule has 0 heterocycles. The largest absolute Gasteiger partial charge is 0.356 e. The fourth-order valence-corrected chi connectivity index (χ4v) is 2.11. The van der Waals surface area contributed by atoms with Gasteiger partial charge in [-0.1, -0.05) is 30.3 Å². The number of nitrogens with one attached hydrogen (secondary N) is 1. The monoisotopic (exact) mass is 305 g/mol. The fraction of sp³-hybridized carbons (Fsp3) is 0.529. The van der Waals surface area contributed by atoms with Crippen molar-refractivity contribution in [3.63, 3.8) is 0 Å². The van der Waals surface area contributed by atoms with Crippen molar-refractivity contribution in [3.8, 4) is 0 Å². The zero-order valence-electron chi connectivity index (χ0n) is 13.8. The second kappa shape index (κ2) is 9.95. The Kier molecular flexibility index (Phi) is 8.22. The molecule has 1 N–H and O–H groups in total. The maximum absolute atomic E-state index is 12.2. The van der Waals surface area contributed by atoms with Gasteiger partial charge in [-0.25, -0.2) is 0 Å². The van der Waals surface area contributed by atoms with Gasteiger partial charge in [0.1, 0.15) is 6.42 Å². The molecule has 1 rings (SSSR count). The SMILES string of the molecule is CCN(Cc1ccccc1)C(=O)CC(=O)NCCCN(C)C. The molecular formula is C17H27N3O2. The number of amides is 2. The van der Waals surface area contributed by atoms with Gasteiger partial charge in [-0.05, 0) is 39.5 Å². The lowest BCUT2D eigenvalue weighted by Crippen LogP contribution is -2.36. The van der Waals surface area contributed by atoms with Crippen LogP contribution in [-0.2, 0) is 16.1 Å². The summed E-state index contributed by atoms with van der Waals surface area (Å²) in [6, 6.07) is 9.81. The van der Waals surface area contributed by atoms with E-state index in [0.29, 0.717) is 19.6 Å². The molecule has 0 aliphatic carbocycles. The van der Waals surface area contributed by atoms with Crippen LogP contribution in [0, 0.1) is 0 Å². The van der Waals surface area contributed by atoms with Gasteiger partial charge in [0, 0.05) is 19.6 Å². The van der Waals surface area contributed by atoms with Crippen LogP contribution in [0.25, 0.3) is 0 Å². The highest BCUT2D eigenvalue weighted by Gasteiger charge is 2.15. The van der Waals surface area contributed by atoms with E-state index in [1.807, 2.05) is 51.4 Å². The van der Waals surface area contributed by atoms with Gasteiger partial charge in [0.25, 0.3) is 0 Å². The van der Waals surface area contributed by atoms with Gasteiger partial charge < -0.3 is 15.1 Å². The van der Waals surface area contributed by atoms with E-state index in [4.69, 9.17) is 0 Å². The van der Waals surface area contributed by atoms with E-state index >= 15 is 0 Å². The topological polar surface area (TPSA) is 52.7 Å². The minimum Gasteiger partial charge on any atom is -0.356 e. The summed E-state index contributed by atoms with van der Waals surface area (Å²) in [5.74, 6) is -0.327. The lowest BCUT2D eigenvalue weighted by Gasteiger charge is -2.21. The Balaban J connectivity index is 2.36. The van der Waals surface area contributed by atoms with E-state index in [0.717, 1.165) is 18.5 Å². The first-order chi connectivity index (χ1) is 10.5. The Labute approximate surface area is 133 Å². The van der Waals surface area contributed by atoms with Crippen LogP contribution < -0.4 is 5.32 Å². The number of rotatable bonds is 9. The van der Waals surface area contributed by atoms with Crippen LogP contribution in [0.2, 0.25) is 0 Å². The van der Waals surface area contributed by atoms with Crippen LogP contribution in [-0.4, -0.2) is 55.3 Å². The number of carbonyl (C=O) groups is 2. The minimum atomic E-state index is -0.199. The molecule has 122 valence electrons. The zero-order valence-corrected chi connectivity index (χ0v) is 13.8. The van der Waals surface area contributed by atoms with Crippen molar-refractivity contribution in [2.45, 2.75) is 26.3 Å². The lowest BCUT2D eigenvalue weighted by molar-refractivity contribution is -0.136. The van der Waals surface area contributed by atoms with Gasteiger partial charge in [0.15, 0.2) is 0 Å². The Hall–Kier alpha value is -1.88. The molecule has 22 heavy (non-hydrogen) atoms. The second-order valence-electron chi connectivity index (χ2n) is 5.58. The number of carbonyl (C=O) groups excluding carboxylic acids is 2. The summed E-state index contributed by atoms with van der Waals surface area (Å²) in [7, 11) is 3.99. The predicted octanol–water partition coefficient (Wildman–Crippen LogP) is 1.49. The van der Waals surface area contributed by atoms with Crippen molar-refractivity contribution >= 4 is 11.8 Å². The highest BCUT2D eigenvalue weighted by atomic mass is 16.2. The Bertz CT molecular complexity index is 460. The highest BCUT2D eigenvalue weighted by molar-refractivity contribution is 5.96. The molecule has 0 saturated carbocycles. The highest BCUT2D eigenvalue weighted by Crippen LogP contribution is 2.05. The molecule has 1 aromatic rings. The lowest BCUT2D eigenvalue weighted by atomic mass is 10.2. The number of hydrogen-bond donors (Lipinski definition) is 1. The van der Waals surface area contributed by atoms with Crippen LogP contribution in [0.5, 0.6) is 0 Å². The molecule has 0 aliphatic rings. The second-order valence-corrected chi connectivity index (χ2v) is 5.58. The number of nitrogens with zero attached hydrogens (tertiary/aromatic N) is 2. The van der Waals surface area contributed by atoms with E-state index in [2.05, 4.69) is 10.2 Å². The predicted molar refractivity (Wildman–Crippen MR) is 88.3 cm³/mol. The number of hydrogen-bond acceptors (Lipinski definition) is 3. The van der Waals surface area contributed by atoms with Crippen LogP contribution in [0.4, 0.5) is 0 Å². The van der Waals surface area contributed by atoms with E-state index in [1.54, 1.807) is 4.90 Å². The summed E-state index contributed by atoms with van der Waals surface area (Å²) in [5, 5.41) is 2.80. The zero-order chi connectivity index (χ0) is 16.4. The molecule has 0 saturated heterocycles. The van der Waals surface area contributed by atoms with Gasteiger partial charge in [-0.15, -0.1) is 0 Å². The molecule has 0 atom stereocenters. The average molecular weight is 305 g/mol. The van der Waals surface area contributed by atoms with E-state index in [9.17, 15) is 9.59 Å². The van der Waals surface area contributed by atoms with Gasteiger partial charge in [-0.3, -0.25) is 9.59 Å². The van der Waals surface area contributed by atoms with Crippen molar-refractivity contribution in [1.82, 2.24) is 15.1 Å². The first-order valence-corrected chi connectivity index (χ1v) is 7.76. The maximum atomic E-state index is 12.2. The Morgan fingerprint density at radius 2 is 1.82 bits per heavy atom. The Morgan fingerprint density at radius 3 is 2.41 bits per heavy atom. The minimum absolute atomic E-state index is 0.0807. The first kappa shape index (κ1) is 18.2. The van der Waals surface area contributed by atoms with Crippen LogP contribution in [0.1, 0.15) is 25.3 Å². The molecule has 0 aromatic heterocycles. The van der Waals surface area contributed by atoms with Crippen molar-refractivity contribution in [2.24, 2.45) is 0 Å². The van der Waals surface area contributed by atoms with Crippen LogP contribution in [0.3, 0.4) is 0 Å². The van der Waals surface area contributed by atoms with E-state index < -0.39 is 0 Å². The summed E-state index contributed by atoms with van der Waals surface area (Å²) in [6.07, 6.45) is 0.803. The smallest absolute Gasteiger partial charge is 0.232 e. The summed E-state index contributed by atoms with van der Waals surface area (Å²) in [4.78, 5) is 27.8. The molecule has 1 aromatic carbocycles. The third-order valence-electron chi connectivity index (χ3n) is 3.37. The van der Waals surface area contributed by atoms with Crippen molar-refractivity contribution in [1.29, 1.82) is 0 Å². The molecule has 0 bridgehead atoms. The molecule has 5 heteroatoms. The van der Waals surface area contributed by atoms with Gasteiger partial charge >= 0.3 is 0 Å². The van der Waals surface area contributed by atoms with Gasteiger partial charge in [-0.2, -0.15) is 0 Å². The van der Waals surface area contributed by atoms with Crippen molar-refractivity contribution in [3.05, 3.63) is 35.9 Å². The fourth-order valence-electron chi connectivity index (χ4n) is 2.11. The van der Waals surface area contributed by atoms with Gasteiger partial charge in [0.2, 0.25) is 11.8 Å². The first-order valence-electron chi connectivity index (χ1n) is 7.76. The quantitative estimate of drug-likeness (QED) is 0.555. The van der Waals surface area contributed by atoms with E-state index in [1.165, 1.54) is 0 Å². The molecule has 0 fully saturated rings. The van der Waals surface area contributed by atoms with Crippen molar-refractivity contribution < 1.29 is 9.59 Å². The molecule has 0 radical (unpaired) electrons. The summed E-state index contributed by atoms with van der Waals surface area (Å²) in [6.45, 7) is 4.60. The summed E-state index contributed by atoms with van der Waals surface area (Å²) < 4.78 is 0. The molecule has 0 aliphatic heterocycles. The number of benzene rings is 1. The summed E-state index contributed by atoms with van der Waals surface area (Å²) >= 11 is 0.